The summed E-state index contributed by atoms with van der Waals surface area (Å²) < 4.78 is 32.1. The minimum Gasteiger partial charge on any atom is -0.438 e. The van der Waals surface area contributed by atoms with Crippen LogP contribution in [0.3, 0.4) is 0 Å². The van der Waals surface area contributed by atoms with E-state index in [1.807, 2.05) is 19.9 Å². The van der Waals surface area contributed by atoms with Crippen molar-refractivity contribution in [3.63, 3.8) is 0 Å². The smallest absolute Gasteiger partial charge is 0.238 e. The second-order valence-electron chi connectivity index (χ2n) is 5.57. The molecule has 0 unspecified atom stereocenters. The van der Waals surface area contributed by atoms with Gasteiger partial charge in [-0.2, -0.15) is 5.10 Å². The van der Waals surface area contributed by atoms with Gasteiger partial charge in [-0.3, -0.25) is 4.72 Å². The Balaban J connectivity index is 1.72. The van der Waals surface area contributed by atoms with Crippen molar-refractivity contribution < 1.29 is 13.2 Å². The Hall–Kier alpha value is -2.94. The van der Waals surface area contributed by atoms with Gasteiger partial charge in [0, 0.05) is 17.4 Å². The van der Waals surface area contributed by atoms with Crippen molar-refractivity contribution in [3.8, 4) is 17.4 Å². The van der Waals surface area contributed by atoms with Crippen molar-refractivity contribution in [2.75, 3.05) is 11.0 Å². The summed E-state index contributed by atoms with van der Waals surface area (Å²) in [6.45, 7) is 3.86. The molecule has 0 aliphatic rings. The molecule has 0 bridgehead atoms. The maximum atomic E-state index is 11.2. The van der Waals surface area contributed by atoms with Crippen molar-refractivity contribution in [1.82, 2.24) is 20.0 Å². The molecule has 0 saturated heterocycles. The minimum atomic E-state index is -3.30. The molecule has 2 heterocycles. The molecule has 3 rings (SSSR count). The first-order valence-electron chi connectivity index (χ1n) is 7.43. The highest BCUT2D eigenvalue weighted by Gasteiger charge is 2.07. The van der Waals surface area contributed by atoms with Crippen LogP contribution in [-0.4, -0.2) is 34.7 Å². The molecular formula is C16H17N5O3S. The molecule has 2 aromatic heterocycles. The standard InChI is InChI=1S/C16H17N5O3S/c1-11-10-12(2)21(19-11)15-8-9-16(18-17-15)24-14-6-4-13(5-7-14)20-25(3,22)23/h4-10,20H,1-3H3. The Labute approximate surface area is 145 Å². The van der Waals surface area contributed by atoms with E-state index in [4.69, 9.17) is 4.74 Å². The summed E-state index contributed by atoms with van der Waals surface area (Å²) in [4.78, 5) is 0. The third-order valence-electron chi connectivity index (χ3n) is 3.23. The predicted octanol–water partition coefficient (Wildman–Crippen LogP) is 2.44. The van der Waals surface area contributed by atoms with E-state index < -0.39 is 10.0 Å². The van der Waals surface area contributed by atoms with E-state index in [0.29, 0.717) is 23.1 Å². The summed E-state index contributed by atoms with van der Waals surface area (Å²) in [5, 5.41) is 12.5. The van der Waals surface area contributed by atoms with E-state index in [1.54, 1.807) is 41.1 Å². The Bertz CT molecular complexity index is 980. The normalized spacial score (nSPS) is 11.3. The van der Waals surface area contributed by atoms with Crippen LogP contribution in [-0.2, 0) is 10.0 Å². The summed E-state index contributed by atoms with van der Waals surface area (Å²) >= 11 is 0. The number of hydrogen-bond donors (Lipinski definition) is 1. The lowest BCUT2D eigenvalue weighted by atomic mass is 10.3. The number of nitrogens with zero attached hydrogens (tertiary/aromatic N) is 4. The molecule has 0 spiro atoms. The second-order valence-corrected chi connectivity index (χ2v) is 7.32. The minimum absolute atomic E-state index is 0.328. The molecule has 0 fully saturated rings. The predicted molar refractivity (Wildman–Crippen MR) is 93.6 cm³/mol. The maximum Gasteiger partial charge on any atom is 0.238 e. The van der Waals surface area contributed by atoms with Crippen molar-refractivity contribution >= 4 is 15.7 Å². The average molecular weight is 359 g/mol. The molecule has 0 atom stereocenters. The van der Waals surface area contributed by atoms with Gasteiger partial charge in [-0.1, -0.05) is 0 Å². The highest BCUT2D eigenvalue weighted by Crippen LogP contribution is 2.22. The number of aromatic nitrogens is 4. The molecule has 9 heteroatoms. The zero-order chi connectivity index (χ0) is 18.0. The van der Waals surface area contributed by atoms with Crippen molar-refractivity contribution in [2.24, 2.45) is 0 Å². The number of aryl methyl sites for hydroxylation is 2. The SMILES string of the molecule is Cc1cc(C)n(-c2ccc(Oc3ccc(NS(C)(=O)=O)cc3)nn2)n1. The van der Waals surface area contributed by atoms with E-state index in [1.165, 1.54) is 0 Å². The molecule has 0 radical (unpaired) electrons. The molecule has 3 aromatic rings. The summed E-state index contributed by atoms with van der Waals surface area (Å²) in [5.74, 6) is 1.45. The third-order valence-corrected chi connectivity index (χ3v) is 3.84. The van der Waals surface area contributed by atoms with Gasteiger partial charge in [-0.25, -0.2) is 13.1 Å². The zero-order valence-corrected chi connectivity index (χ0v) is 14.8. The largest absolute Gasteiger partial charge is 0.438 e. The van der Waals surface area contributed by atoms with Crippen LogP contribution in [0.2, 0.25) is 0 Å². The van der Waals surface area contributed by atoms with Crippen LogP contribution in [0, 0.1) is 13.8 Å². The summed E-state index contributed by atoms with van der Waals surface area (Å²) in [5.41, 5.74) is 2.33. The van der Waals surface area contributed by atoms with Gasteiger partial charge < -0.3 is 4.74 Å². The topological polar surface area (TPSA) is 99.0 Å². The van der Waals surface area contributed by atoms with Gasteiger partial charge in [0.1, 0.15) is 5.75 Å². The molecule has 130 valence electrons. The molecule has 8 nitrogen and oxygen atoms in total. The van der Waals surface area contributed by atoms with Crippen LogP contribution in [0.4, 0.5) is 5.69 Å². The lowest BCUT2D eigenvalue weighted by Crippen LogP contribution is -2.09. The third kappa shape index (κ3) is 4.32. The fraction of sp³-hybridized carbons (Fsp3) is 0.188. The van der Waals surface area contributed by atoms with Gasteiger partial charge >= 0.3 is 0 Å². The molecule has 0 aliphatic heterocycles. The van der Waals surface area contributed by atoms with E-state index in [-0.39, 0.29) is 0 Å². The maximum absolute atomic E-state index is 11.2. The first-order valence-corrected chi connectivity index (χ1v) is 9.32. The highest BCUT2D eigenvalue weighted by atomic mass is 32.2. The van der Waals surface area contributed by atoms with Crippen molar-refractivity contribution in [3.05, 3.63) is 53.9 Å². The lowest BCUT2D eigenvalue weighted by Gasteiger charge is -2.07. The zero-order valence-electron chi connectivity index (χ0n) is 14.0. The van der Waals surface area contributed by atoms with E-state index in [9.17, 15) is 8.42 Å². The van der Waals surface area contributed by atoms with Crippen LogP contribution in [0.5, 0.6) is 11.6 Å². The molecular weight excluding hydrogens is 342 g/mol. The van der Waals surface area contributed by atoms with Gasteiger partial charge in [0.2, 0.25) is 15.9 Å². The van der Waals surface area contributed by atoms with Crippen molar-refractivity contribution in [1.29, 1.82) is 0 Å². The van der Waals surface area contributed by atoms with Crippen LogP contribution in [0.1, 0.15) is 11.4 Å². The van der Waals surface area contributed by atoms with E-state index in [2.05, 4.69) is 20.0 Å². The van der Waals surface area contributed by atoms with Gasteiger partial charge in [0.15, 0.2) is 5.82 Å². The number of rotatable bonds is 5. The number of hydrogen-bond acceptors (Lipinski definition) is 6. The molecule has 25 heavy (non-hydrogen) atoms. The summed E-state index contributed by atoms with van der Waals surface area (Å²) in [7, 11) is -3.30. The van der Waals surface area contributed by atoms with Crippen LogP contribution < -0.4 is 9.46 Å². The number of ether oxygens (including phenoxy) is 1. The van der Waals surface area contributed by atoms with Gasteiger partial charge in [0.25, 0.3) is 0 Å². The quantitative estimate of drug-likeness (QED) is 0.751. The number of anilines is 1. The van der Waals surface area contributed by atoms with Crippen LogP contribution in [0.15, 0.2) is 42.5 Å². The van der Waals surface area contributed by atoms with E-state index >= 15 is 0 Å². The fourth-order valence-corrected chi connectivity index (χ4v) is 2.83. The van der Waals surface area contributed by atoms with Crippen molar-refractivity contribution in [2.45, 2.75) is 13.8 Å². The van der Waals surface area contributed by atoms with Crippen LogP contribution >= 0.6 is 0 Å². The summed E-state index contributed by atoms with van der Waals surface area (Å²) in [6, 6.07) is 11.9. The monoisotopic (exact) mass is 359 g/mol. The first-order chi connectivity index (χ1) is 11.8. The highest BCUT2D eigenvalue weighted by molar-refractivity contribution is 7.92. The summed E-state index contributed by atoms with van der Waals surface area (Å²) in [6.07, 6.45) is 1.09. The lowest BCUT2D eigenvalue weighted by molar-refractivity contribution is 0.454. The Morgan fingerprint density at radius 3 is 2.28 bits per heavy atom. The molecule has 1 aromatic carbocycles. The van der Waals surface area contributed by atoms with E-state index in [0.717, 1.165) is 17.6 Å². The second kappa shape index (κ2) is 6.52. The van der Waals surface area contributed by atoms with Gasteiger partial charge in [0.05, 0.1) is 11.9 Å². The van der Waals surface area contributed by atoms with Crippen LogP contribution in [0.25, 0.3) is 5.82 Å². The van der Waals surface area contributed by atoms with Gasteiger partial charge in [-0.05, 0) is 50.2 Å². The molecule has 0 saturated carbocycles. The fourth-order valence-electron chi connectivity index (χ4n) is 2.27. The molecule has 0 amide bonds. The number of benzene rings is 1. The molecule has 0 aliphatic carbocycles. The molecule has 1 N–H and O–H groups in total. The van der Waals surface area contributed by atoms with Gasteiger partial charge in [-0.15, -0.1) is 10.2 Å². The number of sulfonamides is 1. The number of nitrogens with one attached hydrogen (secondary N) is 1. The Morgan fingerprint density at radius 1 is 1.04 bits per heavy atom. The first kappa shape index (κ1) is 16.9. The Morgan fingerprint density at radius 2 is 1.76 bits per heavy atom. The average Bonchev–Trinajstić information content (AvgIpc) is 2.87. The Kier molecular flexibility index (Phi) is 4.41.